The average molecular weight is 391 g/mol. The van der Waals surface area contributed by atoms with Crippen LogP contribution < -0.4 is 0 Å². The van der Waals surface area contributed by atoms with Crippen LogP contribution in [0.15, 0.2) is 34.9 Å². The predicted octanol–water partition coefficient (Wildman–Crippen LogP) is 5.95. The first-order chi connectivity index (χ1) is 13.1. The number of halogens is 2. The lowest BCUT2D eigenvalue weighted by Gasteiger charge is -2.35. The van der Waals surface area contributed by atoms with E-state index < -0.39 is 11.3 Å². The molecule has 5 heteroatoms. The van der Waals surface area contributed by atoms with Crippen LogP contribution >= 0.6 is 0 Å². The summed E-state index contributed by atoms with van der Waals surface area (Å²) in [6, 6.07) is 1.93. The third-order valence-corrected chi connectivity index (χ3v) is 6.02. The maximum atomic E-state index is 13.5. The summed E-state index contributed by atoms with van der Waals surface area (Å²) in [5.41, 5.74) is 2.07. The predicted molar refractivity (Wildman–Crippen MR) is 108 cm³/mol. The highest BCUT2D eigenvalue weighted by Gasteiger charge is 2.40. The third kappa shape index (κ3) is 6.02. The second-order valence-electron chi connectivity index (χ2n) is 8.77. The number of rotatable bonds is 2. The van der Waals surface area contributed by atoms with Crippen molar-refractivity contribution in [2.75, 3.05) is 6.54 Å². The monoisotopic (exact) mass is 390 g/mol. The van der Waals surface area contributed by atoms with E-state index in [2.05, 4.69) is 26.0 Å². The molecule has 1 atom stereocenters. The molecule has 1 aliphatic carbocycles. The first-order valence-corrected chi connectivity index (χ1v) is 10.2. The van der Waals surface area contributed by atoms with E-state index >= 15 is 0 Å². The highest BCUT2D eigenvalue weighted by Crippen LogP contribution is 2.44. The second kappa shape index (κ2) is 9.03. The van der Waals surface area contributed by atoms with Crippen molar-refractivity contribution < 1.29 is 13.6 Å². The fourth-order valence-corrected chi connectivity index (χ4v) is 4.00. The molecule has 0 N–H and O–H groups in total. The molecule has 1 heterocycles. The molecule has 3 nitrogen and oxygen atoms in total. The zero-order valence-corrected chi connectivity index (χ0v) is 17.5. The van der Waals surface area contributed by atoms with Crippen LogP contribution in [0, 0.1) is 16.7 Å². The largest absolute Gasteiger partial charge is 0.332 e. The Kier molecular flexibility index (Phi) is 7.20. The van der Waals surface area contributed by atoms with Crippen LogP contribution in [0.3, 0.4) is 0 Å². The fraction of sp³-hybridized carbons (Fsp3) is 0.652. The Labute approximate surface area is 167 Å². The zero-order valence-electron chi connectivity index (χ0n) is 17.5. The van der Waals surface area contributed by atoms with E-state index in [-0.39, 0.29) is 43.2 Å². The van der Waals surface area contributed by atoms with Gasteiger partial charge in [-0.05, 0) is 58.3 Å². The molecule has 0 saturated heterocycles. The molecule has 0 spiro atoms. The van der Waals surface area contributed by atoms with E-state index in [1.807, 2.05) is 19.9 Å². The molecule has 154 valence electrons. The fourth-order valence-electron chi connectivity index (χ4n) is 4.00. The molecular weight excluding hydrogens is 358 g/mol. The molecular formula is C23H32F2N2O. The number of hydrogen-bond acceptors (Lipinski definition) is 2. The van der Waals surface area contributed by atoms with Gasteiger partial charge < -0.3 is 4.90 Å². The van der Waals surface area contributed by atoms with E-state index in [0.717, 1.165) is 19.3 Å². The van der Waals surface area contributed by atoms with E-state index in [1.54, 1.807) is 11.0 Å². The van der Waals surface area contributed by atoms with Crippen LogP contribution in [-0.4, -0.2) is 29.3 Å². The molecule has 2 aliphatic rings. The lowest BCUT2D eigenvalue weighted by atomic mass is 9.73. The summed E-state index contributed by atoms with van der Waals surface area (Å²) in [6.07, 6.45) is 8.81. The van der Waals surface area contributed by atoms with Crippen molar-refractivity contribution in [1.82, 2.24) is 4.90 Å². The van der Waals surface area contributed by atoms with Gasteiger partial charge >= 0.3 is 0 Å². The van der Waals surface area contributed by atoms with Crippen LogP contribution in [0.25, 0.3) is 0 Å². The Morgan fingerprint density at radius 1 is 1.21 bits per heavy atom. The molecule has 1 aliphatic heterocycles. The third-order valence-electron chi connectivity index (χ3n) is 6.02. The first kappa shape index (κ1) is 22.3. The van der Waals surface area contributed by atoms with Crippen molar-refractivity contribution in [3.63, 3.8) is 0 Å². The van der Waals surface area contributed by atoms with Gasteiger partial charge in [-0.2, -0.15) is 5.26 Å². The molecule has 1 amide bonds. The average Bonchev–Trinajstić information content (AvgIpc) is 2.63. The van der Waals surface area contributed by atoms with E-state index in [0.29, 0.717) is 6.54 Å². The normalized spacial score (nSPS) is 29.7. The molecule has 28 heavy (non-hydrogen) atoms. The lowest BCUT2D eigenvalue weighted by molar-refractivity contribution is -0.127. The van der Waals surface area contributed by atoms with Gasteiger partial charge in [0.25, 0.3) is 5.91 Å². The van der Waals surface area contributed by atoms with E-state index in [1.165, 1.54) is 11.1 Å². The number of allylic oxidation sites excluding steroid dienone is 3. The summed E-state index contributed by atoms with van der Waals surface area (Å²) < 4.78 is 27.0. The minimum absolute atomic E-state index is 0.0726. The summed E-state index contributed by atoms with van der Waals surface area (Å²) in [5.74, 6) is -2.94. The van der Waals surface area contributed by atoms with Crippen LogP contribution in [0.1, 0.15) is 72.6 Å². The molecule has 1 saturated carbocycles. The van der Waals surface area contributed by atoms with E-state index in [9.17, 15) is 18.8 Å². The van der Waals surface area contributed by atoms with Crippen LogP contribution in [0.2, 0.25) is 0 Å². The number of nitrogens with zero attached hydrogens (tertiary/aromatic N) is 2. The number of nitriles is 1. The zero-order chi connectivity index (χ0) is 20.9. The summed E-state index contributed by atoms with van der Waals surface area (Å²) >= 11 is 0. The minimum Gasteiger partial charge on any atom is -0.332 e. The van der Waals surface area contributed by atoms with Gasteiger partial charge in [0.15, 0.2) is 0 Å². The van der Waals surface area contributed by atoms with Gasteiger partial charge in [0.1, 0.15) is 11.6 Å². The molecule has 0 aromatic carbocycles. The molecule has 1 fully saturated rings. The van der Waals surface area contributed by atoms with Crippen molar-refractivity contribution in [2.45, 2.75) is 84.6 Å². The van der Waals surface area contributed by atoms with Gasteiger partial charge in [-0.3, -0.25) is 4.79 Å². The Balaban J connectivity index is 2.25. The maximum absolute atomic E-state index is 13.5. The van der Waals surface area contributed by atoms with Gasteiger partial charge in [-0.1, -0.05) is 36.3 Å². The highest BCUT2D eigenvalue weighted by atomic mass is 19.3. The lowest BCUT2D eigenvalue weighted by Crippen LogP contribution is -2.40. The smallest absolute Gasteiger partial charge is 0.264 e. The van der Waals surface area contributed by atoms with Gasteiger partial charge in [-0.25, -0.2) is 8.78 Å². The summed E-state index contributed by atoms with van der Waals surface area (Å²) in [5, 5.41) is 9.64. The SMILES string of the molecule is C/C1=C\CCN(C(=O)/C(C#N)=C\C2(C)CCC(F)(F)CC2)C(C)/C=C(\C)CC1. The Morgan fingerprint density at radius 2 is 1.82 bits per heavy atom. The Hall–Kier alpha value is -1.96. The van der Waals surface area contributed by atoms with Crippen molar-refractivity contribution in [3.05, 3.63) is 34.9 Å². The molecule has 0 aromatic heterocycles. The maximum Gasteiger partial charge on any atom is 0.264 e. The summed E-state index contributed by atoms with van der Waals surface area (Å²) in [6.45, 7) is 8.55. The van der Waals surface area contributed by atoms with Crippen molar-refractivity contribution in [2.24, 2.45) is 5.41 Å². The quantitative estimate of drug-likeness (QED) is 0.332. The summed E-state index contributed by atoms with van der Waals surface area (Å²) in [7, 11) is 0. The molecule has 2 rings (SSSR count). The van der Waals surface area contributed by atoms with Gasteiger partial charge in [0, 0.05) is 25.4 Å². The van der Waals surface area contributed by atoms with Crippen molar-refractivity contribution >= 4 is 5.91 Å². The van der Waals surface area contributed by atoms with Crippen molar-refractivity contribution in [3.8, 4) is 6.07 Å². The Morgan fingerprint density at radius 3 is 2.43 bits per heavy atom. The standard InChI is InChI=1S/C23H32F2N2O/c1-17-6-5-13-27(19(3)14-18(2)8-7-17)21(28)20(16-26)15-22(4)9-11-23(24,25)12-10-22/h6,14-15,19H,5,7-13H2,1-4H3/b17-6+,18-14+,20-15-. The number of amides is 1. The first-order valence-electron chi connectivity index (χ1n) is 10.2. The molecule has 0 radical (unpaired) electrons. The van der Waals surface area contributed by atoms with Gasteiger partial charge in [0.05, 0.1) is 0 Å². The topological polar surface area (TPSA) is 44.1 Å². The number of carbonyl (C=O) groups excluding carboxylic acids is 1. The number of hydrogen-bond donors (Lipinski definition) is 0. The Bertz CT molecular complexity index is 717. The van der Waals surface area contributed by atoms with Crippen LogP contribution in [0.4, 0.5) is 8.78 Å². The van der Waals surface area contributed by atoms with Crippen LogP contribution in [0.5, 0.6) is 0 Å². The molecule has 0 aromatic rings. The molecule has 0 bridgehead atoms. The van der Waals surface area contributed by atoms with Gasteiger partial charge in [-0.15, -0.1) is 0 Å². The second-order valence-corrected chi connectivity index (χ2v) is 8.77. The van der Waals surface area contributed by atoms with Gasteiger partial charge in [0.2, 0.25) is 5.92 Å². The minimum atomic E-state index is -2.63. The van der Waals surface area contributed by atoms with Crippen molar-refractivity contribution in [1.29, 1.82) is 5.26 Å². The van der Waals surface area contributed by atoms with Crippen LogP contribution in [-0.2, 0) is 4.79 Å². The number of alkyl halides is 2. The highest BCUT2D eigenvalue weighted by molar-refractivity contribution is 5.97. The summed E-state index contributed by atoms with van der Waals surface area (Å²) in [4.78, 5) is 14.9. The number of carbonyl (C=O) groups is 1. The molecule has 1 unspecified atom stereocenters. The van der Waals surface area contributed by atoms with E-state index in [4.69, 9.17) is 0 Å².